The van der Waals surface area contributed by atoms with E-state index in [4.69, 9.17) is 4.74 Å². The number of aromatic amines is 1. The predicted octanol–water partition coefficient (Wildman–Crippen LogP) is 4.31. The molecule has 162 valence electrons. The van der Waals surface area contributed by atoms with Crippen molar-refractivity contribution in [2.45, 2.75) is 38.8 Å². The van der Waals surface area contributed by atoms with Gasteiger partial charge in [-0.2, -0.15) is 0 Å². The topological polar surface area (TPSA) is 74.4 Å². The molecule has 31 heavy (non-hydrogen) atoms. The summed E-state index contributed by atoms with van der Waals surface area (Å²) in [5, 5.41) is 3.64. The van der Waals surface area contributed by atoms with Crippen LogP contribution >= 0.6 is 0 Å². The number of hydrogen-bond donors (Lipinski definition) is 2. The van der Waals surface area contributed by atoms with Gasteiger partial charge < -0.3 is 19.9 Å². The predicted molar refractivity (Wildman–Crippen MR) is 116 cm³/mol. The molecule has 0 spiro atoms. The van der Waals surface area contributed by atoms with Gasteiger partial charge in [-0.15, -0.1) is 0 Å². The van der Waals surface area contributed by atoms with Crippen LogP contribution in [0.15, 0.2) is 48.5 Å². The summed E-state index contributed by atoms with van der Waals surface area (Å²) in [4.78, 5) is 30.2. The van der Waals surface area contributed by atoms with Crippen LogP contribution in [0.2, 0.25) is 0 Å². The summed E-state index contributed by atoms with van der Waals surface area (Å²) in [5.41, 5.74) is 3.02. The Hall–Kier alpha value is -3.35. The van der Waals surface area contributed by atoms with Gasteiger partial charge in [0.05, 0.1) is 6.04 Å². The molecule has 2 aromatic carbocycles. The normalized spacial score (nSPS) is 16.1. The molecular formula is C24H26FN3O3. The van der Waals surface area contributed by atoms with Crippen molar-refractivity contribution in [3.8, 4) is 0 Å². The Bertz CT molecular complexity index is 1130. The SMILES string of the molecule is CC(C)(C)OC(=O)NCC(=O)N1CCc2c([nH]c3ccccc23)C1c1cccc(F)c1. The number of hydrogen-bond acceptors (Lipinski definition) is 3. The molecule has 0 saturated heterocycles. The second-order valence-corrected chi connectivity index (χ2v) is 8.71. The fourth-order valence-electron chi connectivity index (χ4n) is 4.10. The minimum absolute atomic E-state index is 0.198. The van der Waals surface area contributed by atoms with Gasteiger partial charge in [0.1, 0.15) is 18.0 Å². The maximum Gasteiger partial charge on any atom is 0.408 e. The molecule has 1 aliphatic heterocycles. The van der Waals surface area contributed by atoms with E-state index in [9.17, 15) is 14.0 Å². The van der Waals surface area contributed by atoms with Crippen molar-refractivity contribution >= 4 is 22.9 Å². The van der Waals surface area contributed by atoms with Crippen molar-refractivity contribution < 1.29 is 18.7 Å². The van der Waals surface area contributed by atoms with E-state index in [0.717, 1.165) is 22.2 Å². The quantitative estimate of drug-likeness (QED) is 0.659. The van der Waals surface area contributed by atoms with Gasteiger partial charge in [-0.3, -0.25) is 4.79 Å². The van der Waals surface area contributed by atoms with Gasteiger partial charge in [-0.05, 0) is 56.5 Å². The molecule has 1 unspecified atom stereocenters. The third-order valence-electron chi connectivity index (χ3n) is 5.30. The van der Waals surface area contributed by atoms with Gasteiger partial charge in [0, 0.05) is 23.1 Å². The number of amides is 2. The second kappa shape index (κ2) is 8.06. The van der Waals surface area contributed by atoms with Crippen LogP contribution in [-0.4, -0.2) is 40.6 Å². The van der Waals surface area contributed by atoms with Gasteiger partial charge in [0.2, 0.25) is 5.91 Å². The Labute approximate surface area is 180 Å². The highest BCUT2D eigenvalue weighted by Crippen LogP contribution is 2.38. The molecule has 0 radical (unpaired) electrons. The number of alkyl carbamates (subject to hydrolysis) is 1. The van der Waals surface area contributed by atoms with Crippen LogP contribution in [0.5, 0.6) is 0 Å². The zero-order valence-corrected chi connectivity index (χ0v) is 17.9. The smallest absolute Gasteiger partial charge is 0.408 e. The number of para-hydroxylation sites is 1. The van der Waals surface area contributed by atoms with Crippen molar-refractivity contribution in [1.29, 1.82) is 0 Å². The van der Waals surface area contributed by atoms with Gasteiger partial charge >= 0.3 is 6.09 Å². The van der Waals surface area contributed by atoms with Crippen molar-refractivity contribution in [3.63, 3.8) is 0 Å². The van der Waals surface area contributed by atoms with Gasteiger partial charge in [0.15, 0.2) is 0 Å². The summed E-state index contributed by atoms with van der Waals surface area (Å²) >= 11 is 0. The molecule has 6 nitrogen and oxygen atoms in total. The zero-order chi connectivity index (χ0) is 22.2. The number of rotatable bonds is 3. The molecule has 0 saturated carbocycles. The van der Waals surface area contributed by atoms with E-state index in [2.05, 4.69) is 16.4 Å². The van der Waals surface area contributed by atoms with Crippen LogP contribution in [-0.2, 0) is 16.0 Å². The molecule has 0 aliphatic carbocycles. The molecule has 4 rings (SSSR count). The van der Waals surface area contributed by atoms with Crippen LogP contribution < -0.4 is 5.32 Å². The first-order valence-electron chi connectivity index (χ1n) is 10.3. The lowest BCUT2D eigenvalue weighted by molar-refractivity contribution is -0.132. The van der Waals surface area contributed by atoms with E-state index in [-0.39, 0.29) is 18.3 Å². The first-order valence-corrected chi connectivity index (χ1v) is 10.3. The lowest BCUT2D eigenvalue weighted by Crippen LogP contribution is -2.46. The number of carbonyl (C=O) groups is 2. The van der Waals surface area contributed by atoms with Crippen LogP contribution in [0.4, 0.5) is 9.18 Å². The van der Waals surface area contributed by atoms with E-state index in [1.165, 1.54) is 12.1 Å². The number of fused-ring (bicyclic) bond motifs is 3. The molecule has 2 heterocycles. The third kappa shape index (κ3) is 4.40. The summed E-state index contributed by atoms with van der Waals surface area (Å²) in [6.07, 6.45) is 0.0232. The molecule has 0 fully saturated rings. The van der Waals surface area contributed by atoms with Crippen LogP contribution in [0.3, 0.4) is 0 Å². The van der Waals surface area contributed by atoms with Gasteiger partial charge in [-0.1, -0.05) is 30.3 Å². The van der Waals surface area contributed by atoms with Crippen molar-refractivity contribution in [2.75, 3.05) is 13.1 Å². The standard InChI is InChI=1S/C24H26FN3O3/c1-24(2,3)31-23(30)26-14-20(29)28-12-11-18-17-9-4-5-10-19(17)27-21(18)22(28)15-7-6-8-16(25)13-15/h4-10,13,22,27H,11-12,14H2,1-3H3,(H,26,30). The van der Waals surface area contributed by atoms with Gasteiger partial charge in [-0.25, -0.2) is 9.18 Å². The maximum atomic E-state index is 14.1. The number of nitrogens with one attached hydrogen (secondary N) is 2. The highest BCUT2D eigenvalue weighted by Gasteiger charge is 2.34. The summed E-state index contributed by atoms with van der Waals surface area (Å²) in [7, 11) is 0. The molecule has 1 aromatic heterocycles. The third-order valence-corrected chi connectivity index (χ3v) is 5.30. The summed E-state index contributed by atoms with van der Waals surface area (Å²) in [6.45, 7) is 5.55. The molecule has 0 bridgehead atoms. The molecule has 2 N–H and O–H groups in total. The highest BCUT2D eigenvalue weighted by molar-refractivity contribution is 5.87. The lowest BCUT2D eigenvalue weighted by atomic mass is 9.92. The average molecular weight is 423 g/mol. The van der Waals surface area contributed by atoms with Crippen molar-refractivity contribution in [3.05, 3.63) is 71.2 Å². The molecular weight excluding hydrogens is 397 g/mol. The second-order valence-electron chi connectivity index (χ2n) is 8.71. The highest BCUT2D eigenvalue weighted by atomic mass is 19.1. The number of benzene rings is 2. The minimum Gasteiger partial charge on any atom is -0.444 e. The monoisotopic (exact) mass is 423 g/mol. The number of carbonyl (C=O) groups excluding carboxylic acids is 2. The number of ether oxygens (including phenoxy) is 1. The van der Waals surface area contributed by atoms with Crippen LogP contribution in [0.25, 0.3) is 10.9 Å². The largest absolute Gasteiger partial charge is 0.444 e. The van der Waals surface area contributed by atoms with E-state index in [1.54, 1.807) is 31.7 Å². The fourth-order valence-corrected chi connectivity index (χ4v) is 4.10. The Morgan fingerprint density at radius 3 is 2.71 bits per heavy atom. The molecule has 3 aromatic rings. The number of aromatic nitrogens is 1. The van der Waals surface area contributed by atoms with Crippen molar-refractivity contribution in [2.24, 2.45) is 0 Å². The van der Waals surface area contributed by atoms with E-state index in [0.29, 0.717) is 18.5 Å². The Kier molecular flexibility index (Phi) is 5.43. The first kappa shape index (κ1) is 20.9. The Balaban J connectivity index is 1.65. The minimum atomic E-state index is -0.651. The van der Waals surface area contributed by atoms with E-state index >= 15 is 0 Å². The van der Waals surface area contributed by atoms with E-state index in [1.807, 2.05) is 24.3 Å². The first-order chi connectivity index (χ1) is 14.7. The maximum absolute atomic E-state index is 14.1. The van der Waals surface area contributed by atoms with Crippen molar-refractivity contribution in [1.82, 2.24) is 15.2 Å². The summed E-state index contributed by atoms with van der Waals surface area (Å²) in [6, 6.07) is 13.8. The average Bonchev–Trinajstić information content (AvgIpc) is 3.08. The Morgan fingerprint density at radius 2 is 1.97 bits per heavy atom. The molecule has 7 heteroatoms. The fraction of sp³-hybridized carbons (Fsp3) is 0.333. The molecule has 2 amide bonds. The molecule has 1 atom stereocenters. The lowest BCUT2D eigenvalue weighted by Gasteiger charge is -2.36. The summed E-state index contributed by atoms with van der Waals surface area (Å²) < 4.78 is 19.3. The molecule has 1 aliphatic rings. The summed E-state index contributed by atoms with van der Waals surface area (Å²) in [5.74, 6) is -0.621. The van der Waals surface area contributed by atoms with Crippen LogP contribution in [0.1, 0.15) is 43.6 Å². The number of H-pyrrole nitrogens is 1. The number of halogens is 1. The van der Waals surface area contributed by atoms with Gasteiger partial charge in [0.25, 0.3) is 0 Å². The zero-order valence-electron chi connectivity index (χ0n) is 17.9. The number of nitrogens with zero attached hydrogens (tertiary/aromatic N) is 1. The van der Waals surface area contributed by atoms with Crippen LogP contribution in [0, 0.1) is 5.82 Å². The van der Waals surface area contributed by atoms with E-state index < -0.39 is 17.7 Å². The Morgan fingerprint density at radius 1 is 1.19 bits per heavy atom.